The summed E-state index contributed by atoms with van der Waals surface area (Å²) in [5, 5.41) is 4.08. The van der Waals surface area contributed by atoms with Crippen LogP contribution < -0.4 is 5.73 Å². The Kier molecular flexibility index (Phi) is 3.94. The summed E-state index contributed by atoms with van der Waals surface area (Å²) < 4.78 is 6.98. The summed E-state index contributed by atoms with van der Waals surface area (Å²) in [6.07, 6.45) is 9.36. The molecule has 2 heterocycles. The summed E-state index contributed by atoms with van der Waals surface area (Å²) in [5.74, 6) is 0.872. The maximum atomic E-state index is 12.6. The molecule has 0 spiro atoms. The zero-order valence-corrected chi connectivity index (χ0v) is 11.9. The Hall–Kier alpha value is -2.24. The van der Waals surface area contributed by atoms with Crippen LogP contribution in [0, 0.1) is 0 Å². The topological polar surface area (TPSA) is 77.3 Å². The molecule has 6 heteroatoms. The van der Waals surface area contributed by atoms with Crippen LogP contribution in [0.1, 0.15) is 31.4 Å². The van der Waals surface area contributed by atoms with Gasteiger partial charge in [0.15, 0.2) is 0 Å². The number of aromatic nitrogens is 2. The number of nitrogens with two attached hydrogens (primary N) is 1. The average molecular weight is 288 g/mol. The molecule has 0 atom stereocenters. The van der Waals surface area contributed by atoms with E-state index in [9.17, 15) is 4.79 Å². The zero-order chi connectivity index (χ0) is 14.7. The number of hydrogen-bond acceptors (Lipinski definition) is 4. The van der Waals surface area contributed by atoms with Crippen molar-refractivity contribution in [3.8, 4) is 0 Å². The summed E-state index contributed by atoms with van der Waals surface area (Å²) in [5.41, 5.74) is 6.21. The largest absolute Gasteiger partial charge is 0.467 e. The monoisotopic (exact) mass is 288 g/mol. The minimum atomic E-state index is 0.0569. The fraction of sp³-hybridized carbons (Fsp3) is 0.467. The molecule has 2 N–H and O–H groups in total. The summed E-state index contributed by atoms with van der Waals surface area (Å²) >= 11 is 0. The van der Waals surface area contributed by atoms with Crippen LogP contribution in [0.5, 0.6) is 0 Å². The van der Waals surface area contributed by atoms with Crippen molar-refractivity contribution in [2.75, 3.05) is 5.73 Å². The van der Waals surface area contributed by atoms with E-state index < -0.39 is 0 Å². The molecule has 1 amide bonds. The number of amides is 1. The van der Waals surface area contributed by atoms with Gasteiger partial charge in [0.05, 0.1) is 24.7 Å². The highest BCUT2D eigenvalue weighted by Crippen LogP contribution is 2.25. The van der Waals surface area contributed by atoms with Gasteiger partial charge < -0.3 is 15.1 Å². The van der Waals surface area contributed by atoms with Crippen molar-refractivity contribution in [3.05, 3.63) is 36.5 Å². The molecule has 21 heavy (non-hydrogen) atoms. The van der Waals surface area contributed by atoms with E-state index in [0.29, 0.717) is 18.3 Å². The van der Waals surface area contributed by atoms with E-state index in [1.807, 2.05) is 17.0 Å². The fourth-order valence-corrected chi connectivity index (χ4v) is 2.90. The number of anilines is 1. The van der Waals surface area contributed by atoms with Crippen LogP contribution in [0.4, 0.5) is 5.69 Å². The van der Waals surface area contributed by atoms with Crippen molar-refractivity contribution in [2.45, 2.75) is 44.8 Å². The molecule has 1 aliphatic rings. The number of furan rings is 1. The molecule has 0 bridgehead atoms. The summed E-state index contributed by atoms with van der Waals surface area (Å²) in [7, 11) is 0. The van der Waals surface area contributed by atoms with Gasteiger partial charge in [-0.25, -0.2) is 0 Å². The van der Waals surface area contributed by atoms with Crippen molar-refractivity contribution < 1.29 is 9.21 Å². The third-order valence-corrected chi connectivity index (χ3v) is 3.94. The third-order valence-electron chi connectivity index (χ3n) is 3.94. The molecular weight excluding hydrogens is 268 g/mol. The van der Waals surface area contributed by atoms with Crippen molar-refractivity contribution in [3.63, 3.8) is 0 Å². The molecule has 0 unspecified atom stereocenters. The molecule has 2 aromatic heterocycles. The number of carbonyl (C=O) groups excluding carboxylic acids is 1. The Morgan fingerprint density at radius 1 is 1.48 bits per heavy atom. The summed E-state index contributed by atoms with van der Waals surface area (Å²) in [6.45, 7) is 0.738. The number of carbonyl (C=O) groups is 1. The van der Waals surface area contributed by atoms with Crippen LogP contribution in [-0.2, 0) is 17.9 Å². The summed E-state index contributed by atoms with van der Waals surface area (Å²) in [6, 6.07) is 4.05. The Morgan fingerprint density at radius 2 is 2.29 bits per heavy atom. The van der Waals surface area contributed by atoms with Gasteiger partial charge in [0, 0.05) is 12.2 Å². The second-order valence-electron chi connectivity index (χ2n) is 5.51. The van der Waals surface area contributed by atoms with Crippen molar-refractivity contribution in [1.29, 1.82) is 0 Å². The maximum absolute atomic E-state index is 12.6. The van der Waals surface area contributed by atoms with E-state index in [0.717, 1.165) is 18.6 Å². The highest BCUT2D eigenvalue weighted by atomic mass is 16.3. The van der Waals surface area contributed by atoms with Crippen LogP contribution in [-0.4, -0.2) is 26.6 Å². The molecule has 1 fully saturated rings. The van der Waals surface area contributed by atoms with Crippen molar-refractivity contribution >= 4 is 11.6 Å². The Morgan fingerprint density at radius 3 is 2.90 bits per heavy atom. The number of hydrogen-bond donors (Lipinski definition) is 1. The van der Waals surface area contributed by atoms with Gasteiger partial charge in [0.1, 0.15) is 12.3 Å². The molecule has 3 rings (SSSR count). The second kappa shape index (κ2) is 6.03. The van der Waals surface area contributed by atoms with E-state index in [2.05, 4.69) is 5.10 Å². The molecule has 1 aliphatic carbocycles. The normalized spacial score (nSPS) is 15.4. The van der Waals surface area contributed by atoms with E-state index in [4.69, 9.17) is 10.2 Å². The highest BCUT2D eigenvalue weighted by Gasteiger charge is 2.27. The molecule has 0 radical (unpaired) electrons. The van der Waals surface area contributed by atoms with E-state index in [1.54, 1.807) is 23.3 Å². The average Bonchev–Trinajstić information content (AvgIpc) is 3.18. The molecular formula is C15H20N4O2. The third kappa shape index (κ3) is 3.26. The van der Waals surface area contributed by atoms with Gasteiger partial charge in [0.2, 0.25) is 5.91 Å². The molecule has 2 aromatic rings. The Bertz CT molecular complexity index is 585. The molecule has 0 saturated heterocycles. The smallest absolute Gasteiger partial charge is 0.244 e. The second-order valence-corrected chi connectivity index (χ2v) is 5.51. The van der Waals surface area contributed by atoms with Gasteiger partial charge >= 0.3 is 0 Å². The Labute approximate surface area is 123 Å². The number of nitrogen functional groups attached to an aromatic ring is 1. The lowest BCUT2D eigenvalue weighted by Gasteiger charge is -2.28. The van der Waals surface area contributed by atoms with Crippen LogP contribution in [0.2, 0.25) is 0 Å². The van der Waals surface area contributed by atoms with E-state index in [1.165, 1.54) is 12.8 Å². The van der Waals surface area contributed by atoms with Gasteiger partial charge in [0.25, 0.3) is 0 Å². The van der Waals surface area contributed by atoms with E-state index in [-0.39, 0.29) is 12.5 Å². The van der Waals surface area contributed by atoms with Gasteiger partial charge in [-0.2, -0.15) is 5.10 Å². The standard InChI is InChI=1S/C15H20N4O2/c16-12-8-17-18(9-12)11-15(20)19(13-4-1-2-5-13)10-14-6-3-7-21-14/h3,6-9,13H,1-2,4-5,10-11,16H2. The quantitative estimate of drug-likeness (QED) is 0.913. The predicted octanol–water partition coefficient (Wildman–Crippen LogP) is 2.03. The molecule has 0 aromatic carbocycles. The maximum Gasteiger partial charge on any atom is 0.244 e. The van der Waals surface area contributed by atoms with Gasteiger partial charge in [-0.05, 0) is 25.0 Å². The van der Waals surface area contributed by atoms with Gasteiger partial charge in [-0.3, -0.25) is 9.48 Å². The predicted molar refractivity (Wildman–Crippen MR) is 78.2 cm³/mol. The van der Waals surface area contributed by atoms with Crippen LogP contribution in [0.25, 0.3) is 0 Å². The minimum Gasteiger partial charge on any atom is -0.467 e. The molecule has 6 nitrogen and oxygen atoms in total. The first-order valence-electron chi connectivity index (χ1n) is 7.32. The van der Waals surface area contributed by atoms with Crippen molar-refractivity contribution in [1.82, 2.24) is 14.7 Å². The van der Waals surface area contributed by atoms with Gasteiger partial charge in [-0.15, -0.1) is 0 Å². The minimum absolute atomic E-state index is 0.0569. The molecule has 0 aliphatic heterocycles. The molecule has 112 valence electrons. The molecule has 1 saturated carbocycles. The van der Waals surface area contributed by atoms with Crippen LogP contribution >= 0.6 is 0 Å². The van der Waals surface area contributed by atoms with Crippen LogP contribution in [0.3, 0.4) is 0 Å². The summed E-state index contributed by atoms with van der Waals surface area (Å²) in [4.78, 5) is 14.5. The van der Waals surface area contributed by atoms with Crippen molar-refractivity contribution in [2.24, 2.45) is 0 Å². The van der Waals surface area contributed by atoms with E-state index >= 15 is 0 Å². The lowest BCUT2D eigenvalue weighted by atomic mass is 10.2. The first-order chi connectivity index (χ1) is 10.2. The zero-order valence-electron chi connectivity index (χ0n) is 11.9. The highest BCUT2D eigenvalue weighted by molar-refractivity contribution is 5.76. The lowest BCUT2D eigenvalue weighted by Crippen LogP contribution is -2.40. The van der Waals surface area contributed by atoms with Gasteiger partial charge in [-0.1, -0.05) is 12.8 Å². The fourth-order valence-electron chi connectivity index (χ4n) is 2.90. The number of rotatable bonds is 5. The number of nitrogens with zero attached hydrogens (tertiary/aromatic N) is 3. The SMILES string of the molecule is Nc1cnn(CC(=O)N(Cc2ccco2)C2CCCC2)c1. The van der Waals surface area contributed by atoms with Crippen LogP contribution in [0.15, 0.2) is 35.2 Å². The first kappa shape index (κ1) is 13.7. The lowest BCUT2D eigenvalue weighted by molar-refractivity contribution is -0.135. The Balaban J connectivity index is 1.72. The first-order valence-corrected chi connectivity index (χ1v) is 7.32.